The lowest BCUT2D eigenvalue weighted by atomic mass is 10.0. The van der Waals surface area contributed by atoms with Crippen molar-refractivity contribution in [1.29, 1.82) is 0 Å². The molecule has 0 radical (unpaired) electrons. The SMILES string of the molecule is CC(C)n1cnc2c(-c3ccccc3/C(F)=C/c3ccccc3)ncnc21. The van der Waals surface area contributed by atoms with Gasteiger partial charge in [0.05, 0.1) is 6.33 Å². The first-order valence-corrected chi connectivity index (χ1v) is 8.84. The molecule has 0 N–H and O–H groups in total. The Morgan fingerprint density at radius 2 is 1.70 bits per heavy atom. The van der Waals surface area contributed by atoms with E-state index < -0.39 is 0 Å². The van der Waals surface area contributed by atoms with Crippen LogP contribution in [0, 0.1) is 0 Å². The second-order valence-corrected chi connectivity index (χ2v) is 6.59. The van der Waals surface area contributed by atoms with Gasteiger partial charge >= 0.3 is 0 Å². The summed E-state index contributed by atoms with van der Waals surface area (Å²) in [7, 11) is 0. The predicted molar refractivity (Wildman–Crippen MR) is 107 cm³/mol. The Morgan fingerprint density at radius 3 is 2.48 bits per heavy atom. The van der Waals surface area contributed by atoms with Crippen molar-refractivity contribution in [2.75, 3.05) is 0 Å². The van der Waals surface area contributed by atoms with Crippen LogP contribution in [0.3, 0.4) is 0 Å². The standard InChI is InChI=1S/C22H19FN4/c1-15(2)27-14-26-21-20(24-13-25-22(21)27)18-11-7-6-10-17(18)19(23)12-16-8-4-3-5-9-16/h3-15H,1-2H3/b19-12-. The molecule has 134 valence electrons. The summed E-state index contributed by atoms with van der Waals surface area (Å²) in [5.41, 5.74) is 4.04. The first kappa shape index (κ1) is 17.1. The summed E-state index contributed by atoms with van der Waals surface area (Å²) in [6.07, 6.45) is 4.80. The van der Waals surface area contributed by atoms with Gasteiger partial charge in [-0.3, -0.25) is 0 Å². The van der Waals surface area contributed by atoms with E-state index in [1.165, 1.54) is 12.4 Å². The van der Waals surface area contributed by atoms with Crippen LogP contribution in [0.2, 0.25) is 0 Å². The first-order chi connectivity index (χ1) is 13.1. The number of rotatable bonds is 4. The Kier molecular flexibility index (Phi) is 4.50. The fraction of sp³-hybridized carbons (Fsp3) is 0.136. The molecule has 0 atom stereocenters. The van der Waals surface area contributed by atoms with Crippen LogP contribution >= 0.6 is 0 Å². The van der Waals surface area contributed by atoms with E-state index in [0.717, 1.165) is 11.2 Å². The van der Waals surface area contributed by atoms with Crippen LogP contribution < -0.4 is 0 Å². The molecule has 27 heavy (non-hydrogen) atoms. The zero-order chi connectivity index (χ0) is 18.8. The van der Waals surface area contributed by atoms with Crippen molar-refractivity contribution in [1.82, 2.24) is 19.5 Å². The molecule has 0 unspecified atom stereocenters. The summed E-state index contributed by atoms with van der Waals surface area (Å²) in [5.74, 6) is -0.313. The normalized spacial score (nSPS) is 12.1. The van der Waals surface area contributed by atoms with E-state index in [1.807, 2.05) is 53.1 Å². The van der Waals surface area contributed by atoms with Gasteiger partial charge in [0.15, 0.2) is 5.65 Å². The maximum atomic E-state index is 15.1. The summed E-state index contributed by atoms with van der Waals surface area (Å²) in [5, 5.41) is 0. The highest BCUT2D eigenvalue weighted by atomic mass is 19.1. The average Bonchev–Trinajstić information content (AvgIpc) is 3.13. The van der Waals surface area contributed by atoms with Gasteiger partial charge in [-0.15, -0.1) is 0 Å². The molecule has 0 bridgehead atoms. The Bertz CT molecular complexity index is 1110. The van der Waals surface area contributed by atoms with Gasteiger partial charge < -0.3 is 4.57 Å². The van der Waals surface area contributed by atoms with Gasteiger partial charge in [0.25, 0.3) is 0 Å². The topological polar surface area (TPSA) is 43.6 Å². The highest BCUT2D eigenvalue weighted by Crippen LogP contribution is 2.33. The van der Waals surface area contributed by atoms with E-state index >= 15 is 4.39 Å². The molecule has 4 rings (SSSR count). The van der Waals surface area contributed by atoms with Gasteiger partial charge in [-0.25, -0.2) is 19.3 Å². The van der Waals surface area contributed by atoms with Crippen LogP contribution in [0.4, 0.5) is 4.39 Å². The third-order valence-corrected chi connectivity index (χ3v) is 4.45. The fourth-order valence-corrected chi connectivity index (χ4v) is 3.10. The number of aromatic nitrogens is 4. The van der Waals surface area contributed by atoms with E-state index in [0.29, 0.717) is 22.3 Å². The maximum Gasteiger partial charge on any atom is 0.164 e. The zero-order valence-electron chi connectivity index (χ0n) is 15.2. The molecule has 2 aromatic carbocycles. The second kappa shape index (κ2) is 7.11. The minimum absolute atomic E-state index is 0.225. The number of hydrogen-bond acceptors (Lipinski definition) is 3. The Hall–Kier alpha value is -3.34. The molecule has 4 nitrogen and oxygen atoms in total. The third-order valence-electron chi connectivity index (χ3n) is 4.45. The molecule has 0 fully saturated rings. The largest absolute Gasteiger partial charge is 0.313 e. The van der Waals surface area contributed by atoms with E-state index in [1.54, 1.807) is 12.4 Å². The van der Waals surface area contributed by atoms with Crippen molar-refractivity contribution in [3.05, 3.63) is 78.4 Å². The number of fused-ring (bicyclic) bond motifs is 1. The van der Waals surface area contributed by atoms with E-state index in [4.69, 9.17) is 0 Å². The number of benzene rings is 2. The molecule has 0 aliphatic heterocycles. The quantitative estimate of drug-likeness (QED) is 0.450. The molecule has 2 heterocycles. The number of nitrogens with zero attached hydrogens (tertiary/aromatic N) is 4. The first-order valence-electron chi connectivity index (χ1n) is 8.84. The van der Waals surface area contributed by atoms with Crippen molar-refractivity contribution in [3.8, 4) is 11.3 Å². The number of halogens is 1. The summed E-state index contributed by atoms with van der Waals surface area (Å²) >= 11 is 0. The lowest BCUT2D eigenvalue weighted by Gasteiger charge is -2.10. The Balaban J connectivity index is 1.87. The van der Waals surface area contributed by atoms with Crippen molar-refractivity contribution >= 4 is 23.1 Å². The van der Waals surface area contributed by atoms with E-state index in [9.17, 15) is 0 Å². The predicted octanol–water partition coefficient (Wildman–Crippen LogP) is 5.54. The number of imidazole rings is 1. The highest BCUT2D eigenvalue weighted by molar-refractivity contribution is 5.93. The van der Waals surface area contributed by atoms with Gasteiger partial charge in [0.2, 0.25) is 0 Å². The van der Waals surface area contributed by atoms with Crippen molar-refractivity contribution in [2.24, 2.45) is 0 Å². The lowest BCUT2D eigenvalue weighted by molar-refractivity contribution is 0.612. The van der Waals surface area contributed by atoms with Crippen molar-refractivity contribution in [3.63, 3.8) is 0 Å². The molecule has 0 aliphatic carbocycles. The minimum atomic E-state index is -0.313. The molecule has 0 saturated carbocycles. The zero-order valence-corrected chi connectivity index (χ0v) is 15.2. The van der Waals surface area contributed by atoms with Gasteiger partial charge in [0, 0.05) is 17.2 Å². The Morgan fingerprint density at radius 1 is 0.963 bits per heavy atom. The third kappa shape index (κ3) is 3.24. The van der Waals surface area contributed by atoms with Crippen LogP contribution in [0.15, 0.2) is 67.3 Å². The maximum absolute atomic E-state index is 15.1. The Labute approximate surface area is 157 Å². The van der Waals surface area contributed by atoms with E-state index in [-0.39, 0.29) is 11.9 Å². The molecule has 0 saturated heterocycles. The van der Waals surface area contributed by atoms with Gasteiger partial charge in [0.1, 0.15) is 23.4 Å². The fourth-order valence-electron chi connectivity index (χ4n) is 3.10. The summed E-state index contributed by atoms with van der Waals surface area (Å²) in [6.45, 7) is 4.14. The van der Waals surface area contributed by atoms with Crippen LogP contribution in [0.25, 0.3) is 34.3 Å². The van der Waals surface area contributed by atoms with Crippen LogP contribution in [-0.4, -0.2) is 19.5 Å². The molecule has 2 aromatic heterocycles. The molecule has 5 heteroatoms. The summed E-state index contributed by atoms with van der Waals surface area (Å²) < 4.78 is 17.1. The molecular weight excluding hydrogens is 339 g/mol. The summed E-state index contributed by atoms with van der Waals surface area (Å²) in [6, 6.07) is 17.0. The number of hydrogen-bond donors (Lipinski definition) is 0. The molecule has 0 spiro atoms. The minimum Gasteiger partial charge on any atom is -0.313 e. The van der Waals surface area contributed by atoms with Gasteiger partial charge in [-0.1, -0.05) is 54.6 Å². The molecule has 0 amide bonds. The second-order valence-electron chi connectivity index (χ2n) is 6.59. The van der Waals surface area contributed by atoms with Gasteiger partial charge in [-0.2, -0.15) is 0 Å². The summed E-state index contributed by atoms with van der Waals surface area (Å²) in [4.78, 5) is 13.3. The monoisotopic (exact) mass is 358 g/mol. The van der Waals surface area contributed by atoms with Crippen LogP contribution in [-0.2, 0) is 0 Å². The van der Waals surface area contributed by atoms with Crippen molar-refractivity contribution in [2.45, 2.75) is 19.9 Å². The molecular formula is C22H19FN4. The molecule has 4 aromatic rings. The van der Waals surface area contributed by atoms with Crippen LogP contribution in [0.5, 0.6) is 0 Å². The lowest BCUT2D eigenvalue weighted by Crippen LogP contribution is -2.00. The van der Waals surface area contributed by atoms with Crippen LogP contribution in [0.1, 0.15) is 31.0 Å². The average molecular weight is 358 g/mol. The molecule has 0 aliphatic rings. The van der Waals surface area contributed by atoms with Gasteiger partial charge in [-0.05, 0) is 25.5 Å². The van der Waals surface area contributed by atoms with E-state index in [2.05, 4.69) is 28.8 Å². The smallest absolute Gasteiger partial charge is 0.164 e. The highest BCUT2D eigenvalue weighted by Gasteiger charge is 2.17. The van der Waals surface area contributed by atoms with Crippen molar-refractivity contribution < 1.29 is 4.39 Å².